The van der Waals surface area contributed by atoms with Crippen molar-refractivity contribution < 1.29 is 9.90 Å². The fraction of sp³-hybridized carbons (Fsp3) is 0.111. The Balaban J connectivity index is 2.04. The Morgan fingerprint density at radius 2 is 1.80 bits per heavy atom. The lowest BCUT2D eigenvalue weighted by atomic mass is 10.0. The van der Waals surface area contributed by atoms with Crippen LogP contribution >= 0.6 is 23.2 Å². The number of nitrogens with one attached hydrogen (secondary N) is 2. The minimum absolute atomic E-state index is 0.139. The second kappa shape index (κ2) is 6.78. The minimum Gasteiger partial charge on any atom is -0.478 e. The lowest BCUT2D eigenvalue weighted by Crippen LogP contribution is -2.03. The number of rotatable bonds is 4. The number of carbonyl (C=O) groups is 1. The number of carboxylic acid groups (broad SMARTS) is 1. The molecule has 3 aromatic rings. The van der Waals surface area contributed by atoms with Gasteiger partial charge in [0.15, 0.2) is 0 Å². The summed E-state index contributed by atoms with van der Waals surface area (Å²) in [5.74, 6) is -1.03. The van der Waals surface area contributed by atoms with Crippen molar-refractivity contribution >= 4 is 40.5 Å². The third-order valence-electron chi connectivity index (χ3n) is 3.88. The maximum Gasteiger partial charge on any atom is 0.337 e. The highest BCUT2D eigenvalue weighted by atomic mass is 35.5. The predicted octanol–water partition coefficient (Wildman–Crippen LogP) is 5.44. The molecule has 128 valence electrons. The molecule has 0 aliphatic carbocycles. The summed E-state index contributed by atoms with van der Waals surface area (Å²) in [5, 5.41) is 20.2. The fourth-order valence-electron chi connectivity index (χ4n) is 2.73. The highest BCUT2D eigenvalue weighted by Crippen LogP contribution is 2.39. The topological polar surface area (TPSA) is 78.0 Å². The number of hydrogen-bond acceptors (Lipinski definition) is 3. The normalized spacial score (nSPS) is 10.7. The SMILES string of the molecule is Cc1n[nH]c(C)c1-c1cc(Cl)c(Nc2ccccc2C(=O)O)c(Cl)c1. The smallest absolute Gasteiger partial charge is 0.337 e. The highest BCUT2D eigenvalue weighted by molar-refractivity contribution is 6.39. The first-order valence-electron chi connectivity index (χ1n) is 7.48. The summed E-state index contributed by atoms with van der Waals surface area (Å²) >= 11 is 12.8. The summed E-state index contributed by atoms with van der Waals surface area (Å²) in [4.78, 5) is 11.3. The Labute approximate surface area is 154 Å². The number of carboxylic acids is 1. The van der Waals surface area contributed by atoms with Crippen LogP contribution in [0.25, 0.3) is 11.1 Å². The zero-order valence-electron chi connectivity index (χ0n) is 13.5. The summed E-state index contributed by atoms with van der Waals surface area (Å²) < 4.78 is 0. The van der Waals surface area contributed by atoms with Gasteiger partial charge in [-0.15, -0.1) is 0 Å². The molecule has 0 saturated heterocycles. The van der Waals surface area contributed by atoms with Crippen LogP contribution in [-0.2, 0) is 0 Å². The van der Waals surface area contributed by atoms with E-state index in [1.807, 2.05) is 13.8 Å². The third-order valence-corrected chi connectivity index (χ3v) is 4.47. The molecule has 0 spiro atoms. The second-order valence-electron chi connectivity index (χ2n) is 5.60. The number of aromatic nitrogens is 2. The average molecular weight is 376 g/mol. The van der Waals surface area contributed by atoms with Crippen molar-refractivity contribution in [2.75, 3.05) is 5.32 Å². The minimum atomic E-state index is -1.03. The number of aromatic carboxylic acids is 1. The van der Waals surface area contributed by atoms with Crippen molar-refractivity contribution in [1.82, 2.24) is 10.2 Å². The lowest BCUT2D eigenvalue weighted by molar-refractivity contribution is 0.0698. The van der Waals surface area contributed by atoms with Gasteiger partial charge in [-0.2, -0.15) is 5.10 Å². The van der Waals surface area contributed by atoms with Gasteiger partial charge in [0, 0.05) is 11.3 Å². The largest absolute Gasteiger partial charge is 0.478 e. The van der Waals surface area contributed by atoms with Crippen LogP contribution in [0.3, 0.4) is 0 Å². The average Bonchev–Trinajstić information content (AvgIpc) is 2.89. The molecule has 0 saturated carbocycles. The lowest BCUT2D eigenvalue weighted by Gasteiger charge is -2.14. The number of aryl methyl sites for hydroxylation is 2. The standard InChI is InChI=1S/C18H15Cl2N3O2/c1-9-16(10(2)23-22-9)11-7-13(19)17(14(20)8-11)21-15-6-4-3-5-12(15)18(24)25/h3-8,21H,1-2H3,(H,22,23)(H,24,25). The van der Waals surface area contributed by atoms with Crippen molar-refractivity contribution in [2.24, 2.45) is 0 Å². The van der Waals surface area contributed by atoms with E-state index in [4.69, 9.17) is 23.2 Å². The van der Waals surface area contributed by atoms with E-state index < -0.39 is 5.97 Å². The van der Waals surface area contributed by atoms with Gasteiger partial charge in [-0.3, -0.25) is 5.10 Å². The molecule has 0 radical (unpaired) electrons. The van der Waals surface area contributed by atoms with E-state index in [0.29, 0.717) is 21.4 Å². The molecule has 1 aromatic heterocycles. The molecule has 5 nitrogen and oxygen atoms in total. The maximum absolute atomic E-state index is 11.3. The van der Waals surface area contributed by atoms with Crippen molar-refractivity contribution in [3.05, 3.63) is 63.4 Å². The molecule has 3 rings (SSSR count). The van der Waals surface area contributed by atoms with E-state index in [2.05, 4.69) is 15.5 Å². The Morgan fingerprint density at radius 3 is 2.36 bits per heavy atom. The van der Waals surface area contributed by atoms with Gasteiger partial charge in [-0.05, 0) is 43.7 Å². The first-order valence-corrected chi connectivity index (χ1v) is 8.24. The van der Waals surface area contributed by atoms with E-state index in [9.17, 15) is 9.90 Å². The molecule has 0 unspecified atom stereocenters. The van der Waals surface area contributed by atoms with Crippen LogP contribution in [-0.4, -0.2) is 21.3 Å². The molecule has 0 bridgehead atoms. The highest BCUT2D eigenvalue weighted by Gasteiger charge is 2.16. The van der Waals surface area contributed by atoms with Gasteiger partial charge in [0.25, 0.3) is 0 Å². The number of halogens is 2. The van der Waals surface area contributed by atoms with Crippen LogP contribution < -0.4 is 5.32 Å². The van der Waals surface area contributed by atoms with Gasteiger partial charge >= 0.3 is 5.97 Å². The Morgan fingerprint density at radius 1 is 1.16 bits per heavy atom. The zero-order valence-corrected chi connectivity index (χ0v) is 15.0. The zero-order chi connectivity index (χ0) is 18.1. The van der Waals surface area contributed by atoms with Crippen LogP contribution in [0, 0.1) is 13.8 Å². The van der Waals surface area contributed by atoms with Gasteiger partial charge in [0.05, 0.1) is 32.7 Å². The van der Waals surface area contributed by atoms with Crippen molar-refractivity contribution in [3.8, 4) is 11.1 Å². The first-order chi connectivity index (χ1) is 11.9. The van der Waals surface area contributed by atoms with Crippen LogP contribution in [0.1, 0.15) is 21.7 Å². The number of aromatic amines is 1. The monoisotopic (exact) mass is 375 g/mol. The van der Waals surface area contributed by atoms with Gasteiger partial charge in [-0.1, -0.05) is 35.3 Å². The second-order valence-corrected chi connectivity index (χ2v) is 6.41. The number of nitrogens with zero attached hydrogens (tertiary/aromatic N) is 1. The molecule has 0 atom stereocenters. The van der Waals surface area contributed by atoms with Crippen LogP contribution in [0.4, 0.5) is 11.4 Å². The predicted molar refractivity (Wildman–Crippen MR) is 100 cm³/mol. The van der Waals surface area contributed by atoms with Gasteiger partial charge < -0.3 is 10.4 Å². The fourth-order valence-corrected chi connectivity index (χ4v) is 3.31. The van der Waals surface area contributed by atoms with Crippen LogP contribution in [0.5, 0.6) is 0 Å². The molecule has 7 heteroatoms. The van der Waals surface area contributed by atoms with Crippen molar-refractivity contribution in [1.29, 1.82) is 0 Å². The summed E-state index contributed by atoms with van der Waals surface area (Å²) in [5.41, 5.74) is 4.57. The molecular formula is C18H15Cl2N3O2. The molecule has 0 fully saturated rings. The number of H-pyrrole nitrogens is 1. The molecule has 1 heterocycles. The molecule has 0 aliphatic rings. The van der Waals surface area contributed by atoms with Crippen molar-refractivity contribution in [3.63, 3.8) is 0 Å². The molecule has 2 aromatic carbocycles. The Kier molecular flexibility index (Phi) is 4.70. The Bertz CT molecular complexity index is 924. The van der Waals surface area contributed by atoms with E-state index in [1.54, 1.807) is 30.3 Å². The van der Waals surface area contributed by atoms with E-state index in [-0.39, 0.29) is 5.56 Å². The maximum atomic E-state index is 11.3. The number of para-hydroxylation sites is 1. The molecular weight excluding hydrogens is 361 g/mol. The molecule has 3 N–H and O–H groups in total. The first kappa shape index (κ1) is 17.3. The summed E-state index contributed by atoms with van der Waals surface area (Å²) in [6.07, 6.45) is 0. The van der Waals surface area contributed by atoms with E-state index in [0.717, 1.165) is 22.5 Å². The van der Waals surface area contributed by atoms with Gasteiger partial charge in [-0.25, -0.2) is 4.79 Å². The van der Waals surface area contributed by atoms with E-state index in [1.165, 1.54) is 6.07 Å². The Hall–Kier alpha value is -2.50. The molecule has 25 heavy (non-hydrogen) atoms. The number of benzene rings is 2. The van der Waals surface area contributed by atoms with Gasteiger partial charge in [0.1, 0.15) is 0 Å². The quantitative estimate of drug-likeness (QED) is 0.566. The number of hydrogen-bond donors (Lipinski definition) is 3. The summed E-state index contributed by atoms with van der Waals surface area (Å²) in [6.45, 7) is 3.82. The van der Waals surface area contributed by atoms with Crippen LogP contribution in [0.2, 0.25) is 10.0 Å². The molecule has 0 aliphatic heterocycles. The third kappa shape index (κ3) is 3.34. The molecule has 0 amide bonds. The van der Waals surface area contributed by atoms with E-state index >= 15 is 0 Å². The number of anilines is 2. The summed E-state index contributed by atoms with van der Waals surface area (Å²) in [7, 11) is 0. The van der Waals surface area contributed by atoms with Crippen LogP contribution in [0.15, 0.2) is 36.4 Å². The van der Waals surface area contributed by atoms with Gasteiger partial charge in [0.2, 0.25) is 0 Å². The summed E-state index contributed by atoms with van der Waals surface area (Å²) in [6, 6.07) is 10.1. The van der Waals surface area contributed by atoms with Crippen molar-refractivity contribution in [2.45, 2.75) is 13.8 Å².